The van der Waals surface area contributed by atoms with Gasteiger partial charge in [0.1, 0.15) is 17.9 Å². The number of methoxy groups -OCH3 is 2. The van der Waals surface area contributed by atoms with Crippen LogP contribution in [0.15, 0.2) is 35.5 Å². The molecule has 0 bridgehead atoms. The predicted molar refractivity (Wildman–Crippen MR) is 137 cm³/mol. The zero-order valence-electron chi connectivity index (χ0n) is 20.8. The van der Waals surface area contributed by atoms with E-state index >= 15 is 0 Å². The summed E-state index contributed by atoms with van der Waals surface area (Å²) >= 11 is 0. The van der Waals surface area contributed by atoms with E-state index in [1.807, 2.05) is 18.3 Å². The molecule has 0 aliphatic heterocycles. The highest BCUT2D eigenvalue weighted by molar-refractivity contribution is 5.83. The van der Waals surface area contributed by atoms with Crippen molar-refractivity contribution in [2.45, 2.75) is 52.5 Å². The minimum atomic E-state index is 0.566. The van der Waals surface area contributed by atoms with Crippen LogP contribution in [0, 0.1) is 0 Å². The molecule has 0 radical (unpaired) electrons. The standard InChI is InChI=1S/C24H34N4O2.C2H6O/c1-5-7-8-13-26-24(27-22(25)9-6-2)23-18(3)12-14-28(23)16-20-11-10-19(17-29)15-21(20)30-4;1-3-2/h10-12,14-15,17,26H,3,5-9,13,16H2,1-2,4H3,(H2,25,27);1-2H3/b24-23+;. The maximum Gasteiger partial charge on any atom is 0.152 e. The number of carbonyl (C=O) groups excluding carboxylic acids is 1. The fourth-order valence-corrected chi connectivity index (χ4v) is 3.30. The molecule has 7 nitrogen and oxygen atoms in total. The molecule has 0 saturated carbocycles. The van der Waals surface area contributed by atoms with Crippen LogP contribution >= 0.6 is 0 Å². The second kappa shape index (κ2) is 15.7. The maximum absolute atomic E-state index is 11.1. The van der Waals surface area contributed by atoms with E-state index in [1.54, 1.807) is 33.5 Å². The van der Waals surface area contributed by atoms with Gasteiger partial charge in [-0.25, -0.2) is 4.99 Å². The summed E-state index contributed by atoms with van der Waals surface area (Å²) in [6.07, 6.45) is 7.88. The van der Waals surface area contributed by atoms with E-state index in [0.717, 1.165) is 66.9 Å². The second-order valence-electron chi connectivity index (χ2n) is 7.75. The SMILES string of the molecule is C=c1ccn(Cc2ccc(C=O)cc2OC)/c1=C(/N=C(/N)CCC)NCCCCC.COC. The van der Waals surface area contributed by atoms with Gasteiger partial charge in [0.15, 0.2) is 5.82 Å². The molecule has 1 aromatic carbocycles. The Morgan fingerprint density at radius 3 is 2.52 bits per heavy atom. The van der Waals surface area contributed by atoms with E-state index in [4.69, 9.17) is 15.5 Å². The van der Waals surface area contributed by atoms with Crippen LogP contribution < -0.4 is 26.4 Å². The monoisotopic (exact) mass is 456 g/mol. The largest absolute Gasteiger partial charge is 0.496 e. The first-order valence-electron chi connectivity index (χ1n) is 11.4. The molecule has 0 spiro atoms. The third kappa shape index (κ3) is 9.14. The van der Waals surface area contributed by atoms with Gasteiger partial charge in [0.25, 0.3) is 0 Å². The average Bonchev–Trinajstić information content (AvgIpc) is 3.16. The van der Waals surface area contributed by atoms with Crippen LogP contribution in [0.25, 0.3) is 12.4 Å². The number of unbranched alkanes of at least 4 members (excludes halogenated alkanes) is 2. The van der Waals surface area contributed by atoms with Gasteiger partial charge < -0.3 is 25.1 Å². The summed E-state index contributed by atoms with van der Waals surface area (Å²) < 4.78 is 11.8. The highest BCUT2D eigenvalue weighted by Crippen LogP contribution is 2.20. The number of rotatable bonds is 12. The van der Waals surface area contributed by atoms with Crippen molar-refractivity contribution in [3.63, 3.8) is 0 Å². The Morgan fingerprint density at radius 2 is 1.91 bits per heavy atom. The summed E-state index contributed by atoms with van der Waals surface area (Å²) in [5, 5.41) is 5.26. The van der Waals surface area contributed by atoms with Gasteiger partial charge in [0.05, 0.1) is 19.0 Å². The Labute approximate surface area is 198 Å². The minimum Gasteiger partial charge on any atom is -0.496 e. The molecular weight excluding hydrogens is 416 g/mol. The molecule has 0 atom stereocenters. The lowest BCUT2D eigenvalue weighted by Gasteiger charge is -2.13. The van der Waals surface area contributed by atoms with Crippen molar-refractivity contribution in [1.29, 1.82) is 0 Å². The summed E-state index contributed by atoms with van der Waals surface area (Å²) in [5.74, 6) is 2.03. The van der Waals surface area contributed by atoms with Gasteiger partial charge in [-0.05, 0) is 30.2 Å². The van der Waals surface area contributed by atoms with Gasteiger partial charge in [-0.1, -0.05) is 45.4 Å². The number of aldehydes is 1. The number of ether oxygens (including phenoxy) is 2. The molecule has 33 heavy (non-hydrogen) atoms. The molecule has 182 valence electrons. The molecule has 1 aromatic heterocycles. The van der Waals surface area contributed by atoms with Crippen molar-refractivity contribution in [1.82, 2.24) is 9.88 Å². The number of benzene rings is 1. The Hall–Kier alpha value is -3.06. The first kappa shape index (κ1) is 28.0. The third-order valence-electron chi connectivity index (χ3n) is 4.89. The topological polar surface area (TPSA) is 90.9 Å². The number of aliphatic imine (C=N–C) groups is 1. The zero-order chi connectivity index (χ0) is 24.6. The van der Waals surface area contributed by atoms with E-state index in [-0.39, 0.29) is 0 Å². The van der Waals surface area contributed by atoms with Crippen molar-refractivity contribution in [2.75, 3.05) is 27.9 Å². The van der Waals surface area contributed by atoms with E-state index in [9.17, 15) is 4.79 Å². The van der Waals surface area contributed by atoms with E-state index < -0.39 is 0 Å². The highest BCUT2D eigenvalue weighted by atomic mass is 16.5. The molecule has 3 N–H and O–H groups in total. The maximum atomic E-state index is 11.1. The lowest BCUT2D eigenvalue weighted by molar-refractivity contribution is 0.112. The number of nitrogens with two attached hydrogens (primary N) is 1. The van der Waals surface area contributed by atoms with Crippen molar-refractivity contribution >= 4 is 24.5 Å². The number of hydrogen-bond donors (Lipinski definition) is 2. The minimum absolute atomic E-state index is 0.566. The molecule has 0 saturated heterocycles. The van der Waals surface area contributed by atoms with Crippen molar-refractivity contribution in [3.8, 4) is 5.75 Å². The fourth-order valence-electron chi connectivity index (χ4n) is 3.30. The quantitative estimate of drug-likeness (QED) is 0.222. The third-order valence-corrected chi connectivity index (χ3v) is 4.89. The van der Waals surface area contributed by atoms with Gasteiger partial charge >= 0.3 is 0 Å². The molecule has 0 aliphatic rings. The molecule has 0 aliphatic carbocycles. The van der Waals surface area contributed by atoms with Gasteiger partial charge in [0, 0.05) is 44.5 Å². The number of nitrogens with zero attached hydrogens (tertiary/aromatic N) is 2. The molecule has 0 fully saturated rings. The average molecular weight is 457 g/mol. The molecule has 2 aromatic rings. The normalized spacial score (nSPS) is 12.0. The summed E-state index contributed by atoms with van der Waals surface area (Å²) in [5.41, 5.74) is 7.71. The molecule has 1 heterocycles. The first-order chi connectivity index (χ1) is 15.9. The van der Waals surface area contributed by atoms with Crippen LogP contribution in [0.4, 0.5) is 0 Å². The van der Waals surface area contributed by atoms with Crippen LogP contribution in [0.1, 0.15) is 61.9 Å². The second-order valence-corrected chi connectivity index (χ2v) is 7.75. The van der Waals surface area contributed by atoms with Crippen LogP contribution in [0.3, 0.4) is 0 Å². The Kier molecular flexibility index (Phi) is 13.3. The number of nitrogens with one attached hydrogen (secondary N) is 1. The molecular formula is C26H40N4O3. The number of aromatic nitrogens is 1. The first-order valence-corrected chi connectivity index (χ1v) is 11.4. The molecule has 0 amide bonds. The number of carbonyl (C=O) groups is 1. The molecule has 0 unspecified atom stereocenters. The number of hydrogen-bond acceptors (Lipinski definition) is 5. The van der Waals surface area contributed by atoms with Crippen molar-refractivity contribution in [3.05, 3.63) is 52.2 Å². The fraction of sp³-hybridized carbons (Fsp3) is 0.462. The highest BCUT2D eigenvalue weighted by Gasteiger charge is 2.09. The van der Waals surface area contributed by atoms with Crippen LogP contribution in [-0.4, -0.2) is 44.6 Å². The van der Waals surface area contributed by atoms with Crippen molar-refractivity contribution < 1.29 is 14.3 Å². The van der Waals surface area contributed by atoms with Crippen LogP contribution in [0.2, 0.25) is 0 Å². The Morgan fingerprint density at radius 1 is 1.18 bits per heavy atom. The molecule has 2 rings (SSSR count). The lowest BCUT2D eigenvalue weighted by Crippen LogP contribution is -2.36. The van der Waals surface area contributed by atoms with Crippen LogP contribution in [0.5, 0.6) is 5.75 Å². The Balaban J connectivity index is 0.00000172. The predicted octanol–water partition coefficient (Wildman–Crippen LogP) is 3.03. The number of amidine groups is 1. The summed E-state index contributed by atoms with van der Waals surface area (Å²) in [6, 6.07) is 7.44. The summed E-state index contributed by atoms with van der Waals surface area (Å²) in [7, 11) is 4.86. The molecule has 7 heteroatoms. The van der Waals surface area contributed by atoms with Gasteiger partial charge in [-0.15, -0.1) is 0 Å². The van der Waals surface area contributed by atoms with Gasteiger partial charge in [-0.2, -0.15) is 0 Å². The van der Waals surface area contributed by atoms with Crippen LogP contribution in [-0.2, 0) is 11.3 Å². The smallest absolute Gasteiger partial charge is 0.152 e. The van der Waals surface area contributed by atoms with E-state index in [1.165, 1.54) is 0 Å². The van der Waals surface area contributed by atoms with Crippen molar-refractivity contribution in [2.24, 2.45) is 10.7 Å². The van der Waals surface area contributed by atoms with Gasteiger partial charge in [-0.3, -0.25) is 4.79 Å². The summed E-state index contributed by atoms with van der Waals surface area (Å²) in [4.78, 5) is 15.8. The Bertz CT molecular complexity index is 995. The van der Waals surface area contributed by atoms with E-state index in [2.05, 4.69) is 35.0 Å². The summed E-state index contributed by atoms with van der Waals surface area (Å²) in [6.45, 7) is 9.87. The van der Waals surface area contributed by atoms with Gasteiger partial charge in [0.2, 0.25) is 0 Å². The zero-order valence-corrected chi connectivity index (χ0v) is 20.8. The lowest BCUT2D eigenvalue weighted by atomic mass is 10.1. The van der Waals surface area contributed by atoms with E-state index in [0.29, 0.717) is 23.7 Å².